The van der Waals surface area contributed by atoms with Crippen molar-refractivity contribution in [1.82, 2.24) is 5.32 Å². The fraction of sp³-hybridized carbons (Fsp3) is 0.867. The summed E-state index contributed by atoms with van der Waals surface area (Å²) in [6, 6.07) is -0.844. The Morgan fingerprint density at radius 1 is 1.14 bits per heavy atom. The van der Waals surface area contributed by atoms with Crippen LogP contribution < -0.4 is 24.2 Å². The molecular formula is C15H28LiNO4. The molecule has 1 amide bonds. The standard InChI is InChI=1S/C15H27NO4.Li.H/c1-15(2,3)20-14(19)16-12(13(17)18)11-9-7-5-4-6-8-10-11;;/h11-12H,4-10H2,1-3H3,(H,16,19)(H,17,18);;/q;+1;-1. The van der Waals surface area contributed by atoms with E-state index in [0.29, 0.717) is 0 Å². The molecule has 0 radical (unpaired) electrons. The molecule has 1 fully saturated rings. The Labute approximate surface area is 140 Å². The largest absolute Gasteiger partial charge is 1.00 e. The van der Waals surface area contributed by atoms with Crippen molar-refractivity contribution in [3.63, 3.8) is 0 Å². The zero-order valence-corrected chi connectivity index (χ0v) is 13.8. The summed E-state index contributed by atoms with van der Waals surface area (Å²) in [4.78, 5) is 23.2. The maximum Gasteiger partial charge on any atom is 1.00 e. The average Bonchev–Trinajstić information content (AvgIpc) is 2.23. The second-order valence-electron chi connectivity index (χ2n) is 6.57. The third-order valence-electron chi connectivity index (χ3n) is 3.56. The van der Waals surface area contributed by atoms with Crippen LogP contribution in [0.25, 0.3) is 0 Å². The fourth-order valence-corrected chi connectivity index (χ4v) is 2.64. The number of alkyl carbamates (subject to hydrolysis) is 1. The first-order valence-electron chi connectivity index (χ1n) is 7.52. The Hall–Kier alpha value is -0.663. The van der Waals surface area contributed by atoms with Gasteiger partial charge in [-0.1, -0.05) is 32.1 Å². The van der Waals surface area contributed by atoms with Crippen molar-refractivity contribution in [2.45, 2.75) is 77.4 Å². The van der Waals surface area contributed by atoms with Crippen LogP contribution in [0.5, 0.6) is 0 Å². The van der Waals surface area contributed by atoms with E-state index in [2.05, 4.69) is 5.32 Å². The van der Waals surface area contributed by atoms with Crippen molar-refractivity contribution < 1.29 is 39.7 Å². The van der Waals surface area contributed by atoms with Crippen LogP contribution in [-0.2, 0) is 9.53 Å². The van der Waals surface area contributed by atoms with Crippen LogP contribution in [0.1, 0.15) is 67.1 Å². The Bertz CT molecular complexity index is 339. The second-order valence-corrected chi connectivity index (χ2v) is 6.57. The molecule has 0 aliphatic heterocycles. The van der Waals surface area contributed by atoms with Crippen molar-refractivity contribution in [3.8, 4) is 0 Å². The number of hydrogen-bond donors (Lipinski definition) is 2. The molecule has 5 nitrogen and oxygen atoms in total. The normalized spacial score (nSPS) is 18.6. The molecule has 6 heteroatoms. The van der Waals surface area contributed by atoms with Crippen LogP contribution in [0.2, 0.25) is 0 Å². The molecule has 1 aliphatic carbocycles. The third-order valence-corrected chi connectivity index (χ3v) is 3.56. The van der Waals surface area contributed by atoms with Crippen molar-refractivity contribution >= 4 is 12.1 Å². The molecule has 1 rings (SSSR count). The number of hydrogen-bond acceptors (Lipinski definition) is 3. The van der Waals surface area contributed by atoms with Gasteiger partial charge in [-0.3, -0.25) is 0 Å². The first-order chi connectivity index (χ1) is 9.29. The summed E-state index contributed by atoms with van der Waals surface area (Å²) in [5, 5.41) is 11.9. The zero-order chi connectivity index (χ0) is 15.2. The molecule has 1 atom stereocenters. The minimum absolute atomic E-state index is 0. The monoisotopic (exact) mass is 293 g/mol. The molecule has 21 heavy (non-hydrogen) atoms. The van der Waals surface area contributed by atoms with Gasteiger partial charge in [-0.15, -0.1) is 0 Å². The van der Waals surface area contributed by atoms with Crippen molar-refractivity contribution in [2.75, 3.05) is 0 Å². The summed E-state index contributed by atoms with van der Waals surface area (Å²) in [6.07, 6.45) is 6.65. The molecule has 2 N–H and O–H groups in total. The maximum atomic E-state index is 11.8. The number of rotatable bonds is 3. The summed E-state index contributed by atoms with van der Waals surface area (Å²) in [5.41, 5.74) is -0.617. The van der Waals surface area contributed by atoms with E-state index in [4.69, 9.17) is 4.74 Å². The minimum atomic E-state index is -0.971. The molecule has 0 aromatic rings. The van der Waals surface area contributed by atoms with E-state index >= 15 is 0 Å². The van der Waals surface area contributed by atoms with Crippen molar-refractivity contribution in [2.24, 2.45) is 5.92 Å². The molecule has 0 heterocycles. The van der Waals surface area contributed by atoms with Gasteiger partial charge in [-0.05, 0) is 39.5 Å². The molecular weight excluding hydrogens is 265 g/mol. The van der Waals surface area contributed by atoms with Gasteiger partial charge in [-0.2, -0.15) is 0 Å². The molecule has 1 unspecified atom stereocenters. The van der Waals surface area contributed by atoms with E-state index in [1.165, 1.54) is 6.42 Å². The van der Waals surface area contributed by atoms with E-state index < -0.39 is 23.7 Å². The summed E-state index contributed by atoms with van der Waals surface area (Å²) in [5.74, 6) is -0.971. The van der Waals surface area contributed by atoms with Crippen LogP contribution in [0.3, 0.4) is 0 Å². The number of carboxylic acid groups (broad SMARTS) is 1. The predicted octanol–water partition coefficient (Wildman–Crippen LogP) is 0.441. The topological polar surface area (TPSA) is 75.6 Å². The molecule has 1 saturated carbocycles. The first-order valence-corrected chi connectivity index (χ1v) is 7.52. The molecule has 0 bridgehead atoms. The van der Waals surface area contributed by atoms with E-state index in [9.17, 15) is 14.7 Å². The van der Waals surface area contributed by atoms with Gasteiger partial charge in [0, 0.05) is 0 Å². The summed E-state index contributed by atoms with van der Waals surface area (Å²) in [6.45, 7) is 5.29. The number of aliphatic carboxylic acids is 1. The van der Waals surface area contributed by atoms with Gasteiger partial charge in [-0.25, -0.2) is 9.59 Å². The molecule has 1 aliphatic rings. The van der Waals surface area contributed by atoms with Gasteiger partial charge in [0.1, 0.15) is 11.6 Å². The van der Waals surface area contributed by atoms with Crippen LogP contribution in [0.15, 0.2) is 0 Å². The van der Waals surface area contributed by atoms with Crippen LogP contribution in [-0.4, -0.2) is 28.8 Å². The summed E-state index contributed by atoms with van der Waals surface area (Å²) < 4.78 is 5.15. The Morgan fingerprint density at radius 3 is 2.05 bits per heavy atom. The van der Waals surface area contributed by atoms with Gasteiger partial charge in [0.2, 0.25) is 0 Å². The van der Waals surface area contributed by atoms with Crippen molar-refractivity contribution in [3.05, 3.63) is 0 Å². The zero-order valence-electron chi connectivity index (χ0n) is 14.8. The second kappa shape index (κ2) is 9.37. The quantitative estimate of drug-likeness (QED) is 0.741. The summed E-state index contributed by atoms with van der Waals surface area (Å²) >= 11 is 0. The summed E-state index contributed by atoms with van der Waals surface area (Å²) in [7, 11) is 0. The number of carbonyl (C=O) groups excluding carboxylic acids is 1. The smallest absolute Gasteiger partial charge is 1.00 e. The maximum absolute atomic E-state index is 11.8. The Balaban J connectivity index is 0. The van der Waals surface area contributed by atoms with Gasteiger partial charge >= 0.3 is 30.9 Å². The minimum Gasteiger partial charge on any atom is -1.00 e. The predicted molar refractivity (Wildman–Crippen MR) is 77.7 cm³/mol. The Kier molecular flexibility index (Phi) is 9.08. The van der Waals surface area contributed by atoms with E-state index in [-0.39, 0.29) is 26.2 Å². The fourth-order valence-electron chi connectivity index (χ4n) is 2.64. The molecule has 0 aromatic carbocycles. The first kappa shape index (κ1) is 20.3. The van der Waals surface area contributed by atoms with Crippen molar-refractivity contribution in [1.29, 1.82) is 0 Å². The number of nitrogens with one attached hydrogen (secondary N) is 1. The number of ether oxygens (including phenoxy) is 1. The van der Waals surface area contributed by atoms with Crippen LogP contribution >= 0.6 is 0 Å². The van der Waals surface area contributed by atoms with Gasteiger partial charge < -0.3 is 16.6 Å². The SMILES string of the molecule is CC(C)(C)OC(=O)NC(C(=O)O)C1CCCCCCC1.[H-].[Li+]. The van der Waals surface area contributed by atoms with Crippen LogP contribution in [0, 0.1) is 5.92 Å². The molecule has 0 aromatic heterocycles. The number of amides is 1. The molecule has 0 spiro atoms. The van der Waals surface area contributed by atoms with Gasteiger partial charge in [0.15, 0.2) is 0 Å². The van der Waals surface area contributed by atoms with E-state index in [1.807, 2.05) is 0 Å². The van der Waals surface area contributed by atoms with Gasteiger partial charge in [0.05, 0.1) is 0 Å². The third kappa shape index (κ3) is 8.38. The van der Waals surface area contributed by atoms with E-state index in [0.717, 1.165) is 38.5 Å². The number of carboxylic acids is 1. The molecule has 118 valence electrons. The van der Waals surface area contributed by atoms with Crippen LogP contribution in [0.4, 0.5) is 4.79 Å². The molecule has 0 saturated heterocycles. The average molecular weight is 293 g/mol. The number of carbonyl (C=O) groups is 2. The van der Waals surface area contributed by atoms with Gasteiger partial charge in [0.25, 0.3) is 0 Å². The van der Waals surface area contributed by atoms with E-state index in [1.54, 1.807) is 20.8 Å². The Morgan fingerprint density at radius 2 is 1.62 bits per heavy atom.